The SMILES string of the molecule is CCC1(N2C(=O)NC(=O)C(F)C2=O)CCC1. The summed E-state index contributed by atoms with van der Waals surface area (Å²) < 4.78 is 13.3. The molecule has 1 atom stereocenters. The van der Waals surface area contributed by atoms with Crippen LogP contribution in [-0.2, 0) is 9.59 Å². The third-order valence-electron chi connectivity index (χ3n) is 3.52. The van der Waals surface area contributed by atoms with Gasteiger partial charge < -0.3 is 0 Å². The minimum absolute atomic E-state index is 0.577. The lowest BCUT2D eigenvalue weighted by Gasteiger charge is -2.49. The lowest BCUT2D eigenvalue weighted by Crippen LogP contribution is -2.68. The van der Waals surface area contributed by atoms with Crippen LogP contribution in [0.25, 0.3) is 0 Å². The molecule has 5 nitrogen and oxygen atoms in total. The van der Waals surface area contributed by atoms with Gasteiger partial charge in [-0.1, -0.05) is 6.92 Å². The predicted octanol–water partition coefficient (Wildman–Crippen LogP) is 0.736. The molecule has 1 saturated heterocycles. The summed E-state index contributed by atoms with van der Waals surface area (Å²) in [7, 11) is 0. The molecule has 2 rings (SSSR count). The molecule has 0 aromatic rings. The molecule has 1 unspecified atom stereocenters. The van der Waals surface area contributed by atoms with E-state index >= 15 is 0 Å². The van der Waals surface area contributed by atoms with E-state index in [1.807, 2.05) is 12.2 Å². The Morgan fingerprint density at radius 1 is 1.44 bits per heavy atom. The minimum Gasteiger partial charge on any atom is -0.275 e. The average Bonchev–Trinajstić information content (AvgIpc) is 2.18. The monoisotopic (exact) mass is 228 g/mol. The molecule has 0 aromatic carbocycles. The van der Waals surface area contributed by atoms with Gasteiger partial charge in [0.1, 0.15) is 0 Å². The zero-order valence-corrected chi connectivity index (χ0v) is 8.96. The molecule has 1 heterocycles. The van der Waals surface area contributed by atoms with Crippen molar-refractivity contribution in [2.75, 3.05) is 0 Å². The number of imide groups is 2. The van der Waals surface area contributed by atoms with Gasteiger partial charge in [-0.2, -0.15) is 0 Å². The minimum atomic E-state index is -2.25. The van der Waals surface area contributed by atoms with E-state index in [9.17, 15) is 18.8 Å². The van der Waals surface area contributed by atoms with E-state index in [-0.39, 0.29) is 0 Å². The van der Waals surface area contributed by atoms with Gasteiger partial charge in [-0.05, 0) is 25.7 Å². The number of carbonyl (C=O) groups excluding carboxylic acids is 3. The maximum absolute atomic E-state index is 13.3. The fourth-order valence-corrected chi connectivity index (χ4v) is 2.32. The zero-order chi connectivity index (χ0) is 11.9. The molecule has 0 bridgehead atoms. The molecule has 16 heavy (non-hydrogen) atoms. The van der Waals surface area contributed by atoms with Gasteiger partial charge in [0.15, 0.2) is 0 Å². The van der Waals surface area contributed by atoms with Crippen LogP contribution in [0.5, 0.6) is 0 Å². The first-order chi connectivity index (χ1) is 7.52. The highest BCUT2D eigenvalue weighted by atomic mass is 19.1. The van der Waals surface area contributed by atoms with Crippen molar-refractivity contribution in [3.8, 4) is 0 Å². The number of barbiturate groups is 1. The summed E-state index contributed by atoms with van der Waals surface area (Å²) in [5, 5.41) is 1.87. The number of hydrogen-bond acceptors (Lipinski definition) is 3. The second kappa shape index (κ2) is 3.54. The smallest absolute Gasteiger partial charge is 0.275 e. The van der Waals surface area contributed by atoms with Crippen molar-refractivity contribution in [3.63, 3.8) is 0 Å². The molecular formula is C10H13FN2O3. The molecule has 4 amide bonds. The molecule has 0 spiro atoms. The molecule has 1 aliphatic carbocycles. The topological polar surface area (TPSA) is 66.5 Å². The summed E-state index contributed by atoms with van der Waals surface area (Å²) in [6.45, 7) is 1.85. The summed E-state index contributed by atoms with van der Waals surface area (Å²) in [5.41, 5.74) is -0.577. The predicted molar refractivity (Wildman–Crippen MR) is 52.2 cm³/mol. The Bertz CT molecular complexity index is 360. The molecular weight excluding hydrogens is 215 g/mol. The molecule has 6 heteroatoms. The molecule has 0 radical (unpaired) electrons. The fourth-order valence-electron chi connectivity index (χ4n) is 2.32. The Morgan fingerprint density at radius 2 is 2.06 bits per heavy atom. The lowest BCUT2D eigenvalue weighted by molar-refractivity contribution is -0.150. The van der Waals surface area contributed by atoms with Gasteiger partial charge in [-0.25, -0.2) is 9.18 Å². The Balaban J connectivity index is 2.29. The van der Waals surface area contributed by atoms with E-state index in [1.165, 1.54) is 0 Å². The van der Waals surface area contributed by atoms with Gasteiger partial charge in [0.25, 0.3) is 18.0 Å². The van der Waals surface area contributed by atoms with Gasteiger partial charge >= 0.3 is 6.03 Å². The van der Waals surface area contributed by atoms with Crippen LogP contribution in [0.15, 0.2) is 0 Å². The van der Waals surface area contributed by atoms with Crippen LogP contribution in [0.4, 0.5) is 9.18 Å². The summed E-state index contributed by atoms with van der Waals surface area (Å²) in [4.78, 5) is 35.0. The van der Waals surface area contributed by atoms with Crippen LogP contribution in [0.1, 0.15) is 32.6 Å². The number of halogens is 1. The molecule has 1 N–H and O–H groups in total. The van der Waals surface area contributed by atoms with E-state index in [4.69, 9.17) is 0 Å². The Morgan fingerprint density at radius 3 is 2.50 bits per heavy atom. The maximum atomic E-state index is 13.3. The van der Waals surface area contributed by atoms with Gasteiger partial charge in [0.05, 0.1) is 5.54 Å². The summed E-state index contributed by atoms with van der Waals surface area (Å²) >= 11 is 0. The molecule has 1 saturated carbocycles. The first-order valence-electron chi connectivity index (χ1n) is 5.35. The number of rotatable bonds is 2. The van der Waals surface area contributed by atoms with Crippen molar-refractivity contribution in [2.24, 2.45) is 0 Å². The van der Waals surface area contributed by atoms with Gasteiger partial charge in [-0.15, -0.1) is 0 Å². The largest absolute Gasteiger partial charge is 0.331 e. The number of alkyl halides is 1. The number of carbonyl (C=O) groups is 3. The quantitative estimate of drug-likeness (QED) is 0.709. The van der Waals surface area contributed by atoms with Crippen molar-refractivity contribution < 1.29 is 18.8 Å². The highest BCUT2D eigenvalue weighted by molar-refractivity contribution is 6.18. The first kappa shape index (κ1) is 11.0. The van der Waals surface area contributed by atoms with Gasteiger partial charge in [-0.3, -0.25) is 19.8 Å². The normalized spacial score (nSPS) is 28.8. The molecule has 2 aliphatic rings. The lowest BCUT2D eigenvalue weighted by atomic mass is 9.73. The third-order valence-corrected chi connectivity index (χ3v) is 3.52. The highest BCUT2D eigenvalue weighted by Gasteiger charge is 2.52. The van der Waals surface area contributed by atoms with Gasteiger partial charge in [0.2, 0.25) is 0 Å². The van der Waals surface area contributed by atoms with Crippen molar-refractivity contribution in [1.82, 2.24) is 10.2 Å². The van der Waals surface area contributed by atoms with Crippen LogP contribution < -0.4 is 5.32 Å². The zero-order valence-electron chi connectivity index (χ0n) is 8.96. The average molecular weight is 228 g/mol. The summed E-state index contributed by atoms with van der Waals surface area (Å²) in [6.07, 6.45) is 0.623. The van der Waals surface area contributed by atoms with Crippen molar-refractivity contribution >= 4 is 17.8 Å². The van der Waals surface area contributed by atoms with Crippen LogP contribution in [0, 0.1) is 0 Å². The Kier molecular flexibility index (Phi) is 2.44. The van der Waals surface area contributed by atoms with Crippen LogP contribution in [0.3, 0.4) is 0 Å². The van der Waals surface area contributed by atoms with Crippen LogP contribution >= 0.6 is 0 Å². The molecule has 2 fully saturated rings. The Labute approximate surface area is 92.0 Å². The van der Waals surface area contributed by atoms with E-state index in [2.05, 4.69) is 0 Å². The van der Waals surface area contributed by atoms with Crippen molar-refractivity contribution in [2.45, 2.75) is 44.3 Å². The van der Waals surface area contributed by atoms with Gasteiger partial charge in [0, 0.05) is 0 Å². The number of urea groups is 1. The molecule has 88 valence electrons. The molecule has 0 aromatic heterocycles. The number of hydrogen-bond donors (Lipinski definition) is 1. The second-order valence-electron chi connectivity index (χ2n) is 4.26. The van der Waals surface area contributed by atoms with E-state index in [0.717, 1.165) is 11.3 Å². The summed E-state index contributed by atoms with van der Waals surface area (Å²) in [6, 6.07) is -0.787. The Hall–Kier alpha value is -1.46. The first-order valence-corrected chi connectivity index (χ1v) is 5.35. The van der Waals surface area contributed by atoms with E-state index < -0.39 is 29.6 Å². The second-order valence-corrected chi connectivity index (χ2v) is 4.26. The summed E-state index contributed by atoms with van der Waals surface area (Å²) in [5.74, 6) is -2.17. The van der Waals surface area contributed by atoms with Crippen LogP contribution in [0.2, 0.25) is 0 Å². The van der Waals surface area contributed by atoms with Crippen molar-refractivity contribution in [3.05, 3.63) is 0 Å². The number of amides is 4. The van der Waals surface area contributed by atoms with Crippen LogP contribution in [-0.4, -0.2) is 34.5 Å². The van der Waals surface area contributed by atoms with E-state index in [1.54, 1.807) is 0 Å². The highest BCUT2D eigenvalue weighted by Crippen LogP contribution is 2.41. The third kappa shape index (κ3) is 1.32. The fraction of sp³-hybridized carbons (Fsp3) is 0.700. The van der Waals surface area contributed by atoms with E-state index in [0.29, 0.717) is 19.3 Å². The standard InChI is InChI=1S/C10H13FN2O3/c1-2-10(4-3-5-10)13-8(15)6(11)7(14)12-9(13)16/h6H,2-5H2,1H3,(H,12,14,16). The number of nitrogens with one attached hydrogen (secondary N) is 1. The van der Waals surface area contributed by atoms with Crippen molar-refractivity contribution in [1.29, 1.82) is 0 Å². The molecule has 1 aliphatic heterocycles. The maximum Gasteiger partial charge on any atom is 0.331 e. The number of nitrogens with zero attached hydrogens (tertiary/aromatic N) is 1.